The highest BCUT2D eigenvalue weighted by Gasteiger charge is 2.51. The van der Waals surface area contributed by atoms with Crippen LogP contribution in [0.25, 0.3) is 0 Å². The number of epoxide rings is 1. The first-order chi connectivity index (χ1) is 22.3. The Kier molecular flexibility index (Phi) is 13.1. The molecular formula is C33H47NO13. The zero-order chi connectivity index (χ0) is 34.3. The summed E-state index contributed by atoms with van der Waals surface area (Å²) in [5.41, 5.74) is 5.98. The van der Waals surface area contributed by atoms with Gasteiger partial charge in [0.1, 0.15) is 24.2 Å². The number of aliphatic carboxylic acids is 1. The highest BCUT2D eigenvalue weighted by atomic mass is 16.7. The second kappa shape index (κ2) is 16.6. The molecule has 47 heavy (non-hydrogen) atoms. The van der Waals surface area contributed by atoms with Crippen LogP contribution in [0.15, 0.2) is 60.8 Å². The average molecular weight is 666 g/mol. The van der Waals surface area contributed by atoms with Gasteiger partial charge in [-0.2, -0.15) is 0 Å². The fourth-order valence-electron chi connectivity index (χ4n) is 6.00. The van der Waals surface area contributed by atoms with E-state index in [9.17, 15) is 40.2 Å². The van der Waals surface area contributed by atoms with Crippen LogP contribution >= 0.6 is 0 Å². The lowest BCUT2D eigenvalue weighted by Crippen LogP contribution is -2.61. The molecule has 3 fully saturated rings. The lowest BCUT2D eigenvalue weighted by molar-refractivity contribution is -0.308. The Morgan fingerprint density at radius 1 is 0.936 bits per heavy atom. The van der Waals surface area contributed by atoms with Crippen LogP contribution < -0.4 is 5.73 Å². The number of esters is 1. The standard InChI is InChI=1S/C33H47NO13/c1-18-10-8-6-4-3-5-7-9-11-21(45-32-30(39)28(34)29(38)19(2)44-32)15-25-27(31(40)41)22(36)17-33(42,47-25)16-20(35)14-24-23(46-24)12-13-26(37)43-18/h3-9,11-13,18-25,27-30,32,35-36,38-39,42H,10,14-17,34H2,1-2H3,(H,40,41)/b4-3+,7-5+,8-6-,11-9+,13-12-/t18?,19-,20?,21?,22?,23?,24?,25?,27?,28+,29-,30+,32+,33?/m1/s1. The van der Waals surface area contributed by atoms with E-state index < -0.39 is 97.3 Å². The number of carboxylic acids is 1. The zero-order valence-electron chi connectivity index (χ0n) is 26.4. The van der Waals surface area contributed by atoms with Crippen LogP contribution in [-0.2, 0) is 33.3 Å². The van der Waals surface area contributed by atoms with Crippen molar-refractivity contribution in [3.8, 4) is 0 Å². The number of carboxylic acid groups (broad SMARTS) is 1. The summed E-state index contributed by atoms with van der Waals surface area (Å²) >= 11 is 0. The van der Waals surface area contributed by atoms with Gasteiger partial charge >= 0.3 is 11.9 Å². The number of nitrogens with two attached hydrogens (primary N) is 1. The maximum atomic E-state index is 12.3. The van der Waals surface area contributed by atoms with E-state index in [4.69, 9.17) is 29.4 Å². The molecule has 4 rings (SSSR count). The maximum absolute atomic E-state index is 12.3. The number of hydrogen-bond donors (Lipinski definition) is 7. The first-order valence-electron chi connectivity index (χ1n) is 15.9. The lowest BCUT2D eigenvalue weighted by Gasteiger charge is -2.45. The quantitative estimate of drug-likeness (QED) is 0.157. The number of ether oxygens (including phenoxy) is 5. The van der Waals surface area contributed by atoms with Crippen molar-refractivity contribution in [1.29, 1.82) is 0 Å². The van der Waals surface area contributed by atoms with E-state index in [-0.39, 0.29) is 25.4 Å². The molecule has 9 unspecified atom stereocenters. The van der Waals surface area contributed by atoms with Crippen molar-refractivity contribution in [1.82, 2.24) is 0 Å². The van der Waals surface area contributed by atoms with Gasteiger partial charge < -0.3 is 60.1 Å². The second-order valence-corrected chi connectivity index (χ2v) is 12.6. The third-order valence-corrected chi connectivity index (χ3v) is 8.58. The molecule has 14 heteroatoms. The number of hydrogen-bond acceptors (Lipinski definition) is 13. The molecule has 0 aromatic rings. The monoisotopic (exact) mass is 665 g/mol. The number of rotatable bonds is 3. The Labute approximate surface area is 273 Å². The van der Waals surface area contributed by atoms with E-state index in [0.717, 1.165) is 0 Å². The maximum Gasteiger partial charge on any atom is 0.330 e. The Hall–Kier alpha value is -2.76. The topological polar surface area (TPSA) is 231 Å². The number of allylic oxidation sites excluding steroid dienone is 6. The van der Waals surface area contributed by atoms with Gasteiger partial charge in [-0.1, -0.05) is 48.6 Å². The van der Waals surface area contributed by atoms with Crippen LogP contribution in [0.3, 0.4) is 0 Å². The van der Waals surface area contributed by atoms with Crippen LogP contribution in [0, 0.1) is 5.92 Å². The van der Waals surface area contributed by atoms with Gasteiger partial charge in [-0.25, -0.2) is 4.79 Å². The van der Waals surface area contributed by atoms with Crippen molar-refractivity contribution >= 4 is 11.9 Å². The van der Waals surface area contributed by atoms with Gasteiger partial charge in [0, 0.05) is 38.2 Å². The Morgan fingerprint density at radius 3 is 2.36 bits per heavy atom. The van der Waals surface area contributed by atoms with Gasteiger partial charge in [0.2, 0.25) is 0 Å². The minimum atomic E-state index is -2.10. The van der Waals surface area contributed by atoms with Gasteiger partial charge in [0.25, 0.3) is 0 Å². The predicted octanol–water partition coefficient (Wildman–Crippen LogP) is 0.120. The van der Waals surface area contributed by atoms with Crippen LogP contribution in [0.1, 0.15) is 46.0 Å². The highest BCUT2D eigenvalue weighted by molar-refractivity contribution is 5.82. The molecule has 4 heterocycles. The first kappa shape index (κ1) is 37.1. The molecule has 3 saturated heterocycles. The summed E-state index contributed by atoms with van der Waals surface area (Å²) in [6, 6.07) is -1.08. The van der Waals surface area contributed by atoms with Crippen molar-refractivity contribution in [2.45, 2.75) is 125 Å². The molecule has 0 saturated carbocycles. The molecule has 2 bridgehead atoms. The summed E-state index contributed by atoms with van der Waals surface area (Å²) in [7, 11) is 0. The third-order valence-electron chi connectivity index (χ3n) is 8.58. The molecule has 4 aliphatic heterocycles. The number of carbonyl (C=O) groups is 2. The normalized spacial score (nSPS) is 47.2. The van der Waals surface area contributed by atoms with Gasteiger partial charge in [-0.3, -0.25) is 4.79 Å². The Morgan fingerprint density at radius 2 is 1.64 bits per heavy atom. The molecular weight excluding hydrogens is 618 g/mol. The molecule has 14 nitrogen and oxygen atoms in total. The van der Waals surface area contributed by atoms with E-state index in [0.29, 0.717) is 6.42 Å². The van der Waals surface area contributed by atoms with Crippen LogP contribution in [-0.4, -0.2) is 122 Å². The summed E-state index contributed by atoms with van der Waals surface area (Å²) < 4.78 is 28.5. The molecule has 4 aliphatic rings. The highest BCUT2D eigenvalue weighted by Crippen LogP contribution is 2.39. The molecule has 8 N–H and O–H groups in total. The number of cyclic esters (lactones) is 1. The average Bonchev–Trinajstić information content (AvgIpc) is 3.72. The summed E-state index contributed by atoms with van der Waals surface area (Å²) in [5, 5.41) is 63.9. The molecule has 0 spiro atoms. The molecule has 0 aromatic carbocycles. The van der Waals surface area contributed by atoms with Gasteiger partial charge in [-0.15, -0.1) is 0 Å². The van der Waals surface area contributed by atoms with Crippen molar-refractivity contribution < 1.29 is 63.9 Å². The molecule has 0 radical (unpaired) electrons. The number of carbonyl (C=O) groups excluding carboxylic acids is 1. The summed E-state index contributed by atoms with van der Waals surface area (Å²) in [6.45, 7) is 3.34. The van der Waals surface area contributed by atoms with E-state index in [1.54, 1.807) is 56.4 Å². The van der Waals surface area contributed by atoms with E-state index in [2.05, 4.69) is 0 Å². The number of fused-ring (bicyclic) bond motifs is 3. The van der Waals surface area contributed by atoms with Gasteiger partial charge in [-0.05, 0) is 19.9 Å². The smallest absolute Gasteiger partial charge is 0.330 e. The Bertz CT molecular complexity index is 1220. The fraction of sp³-hybridized carbons (Fsp3) is 0.636. The van der Waals surface area contributed by atoms with Gasteiger partial charge in [0.05, 0.1) is 48.8 Å². The third kappa shape index (κ3) is 10.6. The molecule has 0 amide bonds. The summed E-state index contributed by atoms with van der Waals surface area (Å²) in [5.74, 6) is -5.45. The van der Waals surface area contributed by atoms with Crippen LogP contribution in [0.2, 0.25) is 0 Å². The predicted molar refractivity (Wildman–Crippen MR) is 165 cm³/mol. The SMILES string of the molecule is CC1C\C=C/C=C/C=C/C=C/C(O[C@@H]2O[C@H](C)[C@@H](O)[C@H](N)[C@@H]2O)CC2OC(O)(CC(O)CC3OC3/C=C\C(=O)O1)CC(O)C2C(=O)O. The number of aliphatic hydroxyl groups excluding tert-OH is 4. The molecule has 14 atom stereocenters. The largest absolute Gasteiger partial charge is 0.481 e. The molecule has 0 aromatic heterocycles. The van der Waals surface area contributed by atoms with Crippen LogP contribution in [0.4, 0.5) is 0 Å². The number of aliphatic hydroxyl groups is 5. The van der Waals surface area contributed by atoms with Gasteiger partial charge in [0.15, 0.2) is 12.1 Å². The minimum absolute atomic E-state index is 0.0789. The van der Waals surface area contributed by atoms with Crippen molar-refractivity contribution in [2.24, 2.45) is 11.7 Å². The lowest BCUT2D eigenvalue weighted by atomic mass is 9.83. The fourth-order valence-corrected chi connectivity index (χ4v) is 6.00. The zero-order valence-corrected chi connectivity index (χ0v) is 26.4. The van der Waals surface area contributed by atoms with E-state index >= 15 is 0 Å². The van der Waals surface area contributed by atoms with Crippen molar-refractivity contribution in [3.63, 3.8) is 0 Å². The summed E-state index contributed by atoms with van der Waals surface area (Å²) in [6.07, 6.45) is 5.25. The molecule has 262 valence electrons. The molecule has 0 aliphatic carbocycles. The van der Waals surface area contributed by atoms with E-state index in [1.807, 2.05) is 6.08 Å². The first-order valence-corrected chi connectivity index (χ1v) is 15.9. The van der Waals surface area contributed by atoms with Crippen LogP contribution in [0.5, 0.6) is 0 Å². The summed E-state index contributed by atoms with van der Waals surface area (Å²) in [4.78, 5) is 24.4. The Balaban J connectivity index is 1.58. The van der Waals surface area contributed by atoms with Crippen molar-refractivity contribution in [3.05, 3.63) is 60.8 Å². The van der Waals surface area contributed by atoms with Crippen molar-refractivity contribution in [2.75, 3.05) is 0 Å². The minimum Gasteiger partial charge on any atom is -0.481 e. The second-order valence-electron chi connectivity index (χ2n) is 12.6. The van der Waals surface area contributed by atoms with E-state index in [1.165, 1.54) is 12.2 Å².